The van der Waals surface area contributed by atoms with E-state index in [0.717, 1.165) is 12.0 Å². The van der Waals surface area contributed by atoms with E-state index in [1.165, 1.54) is 47.9 Å². The van der Waals surface area contributed by atoms with E-state index in [1.807, 2.05) is 19.9 Å². The Labute approximate surface area is 176 Å². The lowest BCUT2D eigenvalue weighted by Crippen LogP contribution is -2.34. The fourth-order valence-electron chi connectivity index (χ4n) is 4.68. The number of esters is 1. The Kier molecular flexibility index (Phi) is 6.22. The van der Waals surface area contributed by atoms with Crippen molar-refractivity contribution in [2.45, 2.75) is 84.5 Å². The quantitative estimate of drug-likeness (QED) is 0.319. The maximum absolute atomic E-state index is 11.6. The Morgan fingerprint density at radius 1 is 1.07 bits per heavy atom. The fourth-order valence-corrected chi connectivity index (χ4v) is 4.68. The maximum Gasteiger partial charge on any atom is 0.330 e. The molecule has 3 rings (SSSR count). The summed E-state index contributed by atoms with van der Waals surface area (Å²) in [6, 6.07) is 5.00. The smallest absolute Gasteiger partial charge is 0.330 e. The Morgan fingerprint density at radius 2 is 1.72 bits per heavy atom. The molecular weight excluding hydrogens is 356 g/mol. The molecule has 0 saturated carbocycles. The van der Waals surface area contributed by atoms with Crippen molar-refractivity contribution >= 4 is 11.5 Å². The highest BCUT2D eigenvalue weighted by Crippen LogP contribution is 2.48. The number of benzene rings is 1. The van der Waals surface area contributed by atoms with Crippen LogP contribution in [0.15, 0.2) is 42.0 Å². The molecule has 0 N–H and O–H groups in total. The number of aryl methyl sites for hydroxylation is 1. The van der Waals surface area contributed by atoms with Crippen molar-refractivity contribution in [3.8, 4) is 0 Å². The number of fused-ring (bicyclic) bond motifs is 2. The molecule has 0 bridgehead atoms. The zero-order valence-electron chi connectivity index (χ0n) is 19.0. The third-order valence-corrected chi connectivity index (χ3v) is 6.60. The first-order valence-corrected chi connectivity index (χ1v) is 11.0. The Hall–Kier alpha value is -2.09. The first-order chi connectivity index (χ1) is 13.6. The van der Waals surface area contributed by atoms with Gasteiger partial charge >= 0.3 is 5.97 Å². The standard InChI is InChI=1S/C27H36O2/c1-7-29-25(28)16-19(2)10-8-11-20-12-9-13-21-17-23-24(18-22(20)21)27(5,6)15-14-26(23,3)4/h8,10-11,16-18H,7,9,12-15H2,1-6H3. The lowest BCUT2D eigenvalue weighted by Gasteiger charge is -2.43. The molecule has 29 heavy (non-hydrogen) atoms. The van der Waals surface area contributed by atoms with E-state index in [4.69, 9.17) is 4.74 Å². The van der Waals surface area contributed by atoms with Gasteiger partial charge in [-0.2, -0.15) is 0 Å². The number of ether oxygens (including phenoxy) is 1. The van der Waals surface area contributed by atoms with Crippen LogP contribution >= 0.6 is 0 Å². The molecule has 2 heteroatoms. The molecule has 0 atom stereocenters. The molecule has 0 aromatic heterocycles. The highest BCUT2D eigenvalue weighted by Gasteiger charge is 2.38. The first-order valence-electron chi connectivity index (χ1n) is 11.0. The molecule has 0 unspecified atom stereocenters. The lowest BCUT2D eigenvalue weighted by molar-refractivity contribution is -0.137. The predicted octanol–water partition coefficient (Wildman–Crippen LogP) is 6.82. The number of rotatable bonds is 4. The lowest BCUT2D eigenvalue weighted by atomic mass is 9.62. The van der Waals surface area contributed by atoms with Gasteiger partial charge in [-0.15, -0.1) is 0 Å². The van der Waals surface area contributed by atoms with Gasteiger partial charge in [0, 0.05) is 6.08 Å². The van der Waals surface area contributed by atoms with Crippen molar-refractivity contribution in [2.24, 2.45) is 0 Å². The molecule has 0 radical (unpaired) electrons. The second-order valence-corrected chi connectivity index (χ2v) is 9.87. The molecule has 0 saturated heterocycles. The van der Waals surface area contributed by atoms with E-state index >= 15 is 0 Å². The van der Waals surface area contributed by atoms with Crippen LogP contribution in [0.1, 0.15) is 89.5 Å². The van der Waals surface area contributed by atoms with E-state index in [1.54, 1.807) is 11.6 Å². The van der Waals surface area contributed by atoms with Gasteiger partial charge in [0.05, 0.1) is 6.61 Å². The molecule has 2 nitrogen and oxygen atoms in total. The molecule has 0 aliphatic heterocycles. The molecule has 2 aliphatic carbocycles. The molecule has 0 amide bonds. The van der Waals surface area contributed by atoms with Gasteiger partial charge in [0.25, 0.3) is 0 Å². The zero-order chi connectivity index (χ0) is 21.2. The molecule has 0 heterocycles. The largest absolute Gasteiger partial charge is 0.463 e. The topological polar surface area (TPSA) is 26.3 Å². The molecule has 156 valence electrons. The van der Waals surface area contributed by atoms with E-state index in [9.17, 15) is 4.79 Å². The second kappa shape index (κ2) is 8.34. The van der Waals surface area contributed by atoms with Gasteiger partial charge in [-0.05, 0) is 90.2 Å². The predicted molar refractivity (Wildman–Crippen MR) is 122 cm³/mol. The Bertz CT molecular complexity index is 878. The minimum absolute atomic E-state index is 0.233. The third kappa shape index (κ3) is 4.74. The van der Waals surface area contributed by atoms with Crippen LogP contribution < -0.4 is 0 Å². The van der Waals surface area contributed by atoms with E-state index in [2.05, 4.69) is 52.0 Å². The highest BCUT2D eigenvalue weighted by atomic mass is 16.5. The van der Waals surface area contributed by atoms with Gasteiger partial charge in [-0.25, -0.2) is 4.79 Å². The zero-order valence-corrected chi connectivity index (χ0v) is 19.0. The van der Waals surface area contributed by atoms with Gasteiger partial charge in [0.2, 0.25) is 0 Å². The number of allylic oxidation sites excluding steroid dienone is 5. The summed E-state index contributed by atoms with van der Waals surface area (Å²) in [7, 11) is 0. The summed E-state index contributed by atoms with van der Waals surface area (Å²) in [5, 5.41) is 0. The molecule has 1 aromatic carbocycles. The molecule has 0 fully saturated rings. The van der Waals surface area contributed by atoms with E-state index < -0.39 is 0 Å². The molecule has 1 aromatic rings. The summed E-state index contributed by atoms with van der Waals surface area (Å²) >= 11 is 0. The van der Waals surface area contributed by atoms with Crippen LogP contribution in [-0.4, -0.2) is 12.6 Å². The van der Waals surface area contributed by atoms with Crippen LogP contribution in [0, 0.1) is 0 Å². The van der Waals surface area contributed by atoms with Crippen LogP contribution in [0.25, 0.3) is 5.57 Å². The fraction of sp³-hybridized carbons (Fsp3) is 0.519. The third-order valence-electron chi connectivity index (χ3n) is 6.60. The summed E-state index contributed by atoms with van der Waals surface area (Å²) in [6.45, 7) is 13.7. The van der Waals surface area contributed by atoms with Crippen LogP contribution in [0.4, 0.5) is 0 Å². The molecule has 2 aliphatic rings. The van der Waals surface area contributed by atoms with Crippen molar-refractivity contribution in [1.29, 1.82) is 0 Å². The SMILES string of the molecule is CCOC(=O)C=C(C)C=CC=C1CCCc2cc3c(cc21)C(C)(C)CCC3(C)C. The van der Waals surface area contributed by atoms with E-state index in [-0.39, 0.29) is 16.8 Å². The highest BCUT2D eigenvalue weighted by molar-refractivity contribution is 5.83. The van der Waals surface area contributed by atoms with Crippen LogP contribution in [0.2, 0.25) is 0 Å². The van der Waals surface area contributed by atoms with Crippen LogP contribution in [0.3, 0.4) is 0 Å². The summed E-state index contributed by atoms with van der Waals surface area (Å²) in [6.07, 6.45) is 13.8. The van der Waals surface area contributed by atoms with Crippen molar-refractivity contribution in [3.05, 3.63) is 64.3 Å². The van der Waals surface area contributed by atoms with Gasteiger partial charge < -0.3 is 4.74 Å². The summed E-state index contributed by atoms with van der Waals surface area (Å²) in [5.41, 5.74) is 8.82. The minimum Gasteiger partial charge on any atom is -0.463 e. The van der Waals surface area contributed by atoms with Crippen molar-refractivity contribution in [1.82, 2.24) is 0 Å². The van der Waals surface area contributed by atoms with Gasteiger partial charge in [0.15, 0.2) is 0 Å². The summed E-state index contributed by atoms with van der Waals surface area (Å²) < 4.78 is 4.98. The number of hydrogen-bond donors (Lipinski definition) is 0. The first kappa shape index (κ1) is 21.6. The van der Waals surface area contributed by atoms with Crippen molar-refractivity contribution in [3.63, 3.8) is 0 Å². The summed E-state index contributed by atoms with van der Waals surface area (Å²) in [5.74, 6) is -0.276. The molecular formula is C27H36O2. The van der Waals surface area contributed by atoms with Gasteiger partial charge in [0.1, 0.15) is 0 Å². The van der Waals surface area contributed by atoms with Crippen LogP contribution in [-0.2, 0) is 26.8 Å². The average Bonchev–Trinajstić information content (AvgIpc) is 2.65. The average molecular weight is 393 g/mol. The maximum atomic E-state index is 11.6. The van der Waals surface area contributed by atoms with Crippen LogP contribution in [0.5, 0.6) is 0 Å². The summed E-state index contributed by atoms with van der Waals surface area (Å²) in [4.78, 5) is 11.6. The minimum atomic E-state index is -0.276. The normalized spacial score (nSPS) is 21.7. The van der Waals surface area contributed by atoms with Gasteiger partial charge in [-0.1, -0.05) is 58.1 Å². The van der Waals surface area contributed by atoms with Gasteiger partial charge in [-0.3, -0.25) is 0 Å². The monoisotopic (exact) mass is 392 g/mol. The number of carbonyl (C=O) groups excluding carboxylic acids is 1. The van der Waals surface area contributed by atoms with E-state index in [0.29, 0.717) is 6.61 Å². The van der Waals surface area contributed by atoms with Crippen molar-refractivity contribution in [2.75, 3.05) is 6.61 Å². The Balaban J connectivity index is 1.94. The van der Waals surface area contributed by atoms with Crippen molar-refractivity contribution < 1.29 is 9.53 Å². The molecule has 0 spiro atoms. The Morgan fingerprint density at radius 3 is 2.38 bits per heavy atom. The second-order valence-electron chi connectivity index (χ2n) is 9.87. The number of hydrogen-bond acceptors (Lipinski definition) is 2. The number of carbonyl (C=O) groups is 1.